The summed E-state index contributed by atoms with van der Waals surface area (Å²) in [5.74, 6) is 2.62. The number of hydrogen-bond donors (Lipinski definition) is 1. The highest BCUT2D eigenvalue weighted by Crippen LogP contribution is 2.18. The second kappa shape index (κ2) is 13.5. The molecule has 0 saturated carbocycles. The van der Waals surface area contributed by atoms with Crippen molar-refractivity contribution in [2.75, 3.05) is 77.6 Å². The largest absolute Gasteiger partial charge is 0.492 e. The molecule has 1 N–H and O–H groups in total. The number of nitrogens with zero attached hydrogens (tertiary/aromatic N) is 6. The van der Waals surface area contributed by atoms with Crippen molar-refractivity contribution in [3.05, 3.63) is 48.3 Å². The fourth-order valence-electron chi connectivity index (χ4n) is 3.98. The fourth-order valence-corrected chi connectivity index (χ4v) is 3.98. The average Bonchev–Trinajstić information content (AvgIpc) is 2.87. The van der Waals surface area contributed by atoms with Crippen molar-refractivity contribution in [2.24, 2.45) is 4.99 Å². The first kappa shape index (κ1) is 25.4. The normalized spacial score (nSPS) is 17.4. The number of nitrogens with one attached hydrogen (secondary N) is 1. The Hall–Kier alpha value is -2.18. The molecule has 2 aliphatic rings. The second-order valence-electron chi connectivity index (χ2n) is 7.83. The van der Waals surface area contributed by atoms with Gasteiger partial charge in [-0.25, -0.2) is 9.97 Å². The van der Waals surface area contributed by atoms with Gasteiger partial charge in [-0.05, 0) is 12.1 Å². The first-order chi connectivity index (χ1) is 15.8. The van der Waals surface area contributed by atoms with Crippen molar-refractivity contribution < 1.29 is 9.47 Å². The molecule has 1 aromatic heterocycles. The number of aromatic nitrogens is 2. The van der Waals surface area contributed by atoms with Gasteiger partial charge < -0.3 is 24.6 Å². The fraction of sp³-hybridized carbons (Fsp3) is 0.522. The summed E-state index contributed by atoms with van der Waals surface area (Å²) in [6.45, 7) is 9.32. The van der Waals surface area contributed by atoms with Crippen LogP contribution in [0.25, 0.3) is 0 Å². The summed E-state index contributed by atoms with van der Waals surface area (Å²) in [6.07, 6.45) is 3.57. The van der Waals surface area contributed by atoms with Gasteiger partial charge in [-0.1, -0.05) is 18.2 Å². The molecule has 2 aromatic rings. The Kier molecular flexibility index (Phi) is 10.4. The first-order valence-electron chi connectivity index (χ1n) is 11.3. The van der Waals surface area contributed by atoms with Crippen LogP contribution in [0.2, 0.25) is 0 Å². The number of rotatable bonds is 7. The molecule has 33 heavy (non-hydrogen) atoms. The number of hydrogen-bond acceptors (Lipinski definition) is 7. The lowest BCUT2D eigenvalue weighted by atomic mass is 10.2. The van der Waals surface area contributed by atoms with Gasteiger partial charge in [0.2, 0.25) is 5.95 Å². The van der Waals surface area contributed by atoms with Crippen molar-refractivity contribution in [1.29, 1.82) is 0 Å². The minimum absolute atomic E-state index is 0. The lowest BCUT2D eigenvalue weighted by Gasteiger charge is -2.36. The van der Waals surface area contributed by atoms with E-state index in [9.17, 15) is 0 Å². The third-order valence-electron chi connectivity index (χ3n) is 5.80. The number of anilines is 1. The van der Waals surface area contributed by atoms with E-state index >= 15 is 0 Å². The lowest BCUT2D eigenvalue weighted by Crippen LogP contribution is -2.52. The minimum Gasteiger partial charge on any atom is -0.492 e. The van der Waals surface area contributed by atoms with Crippen LogP contribution >= 0.6 is 24.0 Å². The zero-order valence-electron chi connectivity index (χ0n) is 19.2. The van der Waals surface area contributed by atoms with Crippen LogP contribution in [0.4, 0.5) is 5.95 Å². The Labute approximate surface area is 213 Å². The van der Waals surface area contributed by atoms with E-state index in [4.69, 9.17) is 9.47 Å². The number of morpholine rings is 1. The molecule has 9 nitrogen and oxygen atoms in total. The van der Waals surface area contributed by atoms with Crippen molar-refractivity contribution in [3.8, 4) is 5.75 Å². The molecular formula is C23H34IN7O2. The minimum atomic E-state index is 0. The predicted octanol–water partition coefficient (Wildman–Crippen LogP) is 1.70. The molecular weight excluding hydrogens is 533 g/mol. The average molecular weight is 567 g/mol. The molecule has 0 aliphatic carbocycles. The molecule has 180 valence electrons. The summed E-state index contributed by atoms with van der Waals surface area (Å²) < 4.78 is 11.5. The third kappa shape index (κ3) is 7.41. The van der Waals surface area contributed by atoms with Crippen LogP contribution in [0.15, 0.2) is 47.7 Å². The highest BCUT2D eigenvalue weighted by molar-refractivity contribution is 14.0. The molecule has 10 heteroatoms. The Morgan fingerprint density at radius 1 is 1.03 bits per heavy atom. The monoisotopic (exact) mass is 567 g/mol. The van der Waals surface area contributed by atoms with Gasteiger partial charge in [0.1, 0.15) is 12.4 Å². The first-order valence-corrected chi connectivity index (χ1v) is 11.3. The van der Waals surface area contributed by atoms with E-state index in [2.05, 4.69) is 41.0 Å². The maximum Gasteiger partial charge on any atom is 0.225 e. The van der Waals surface area contributed by atoms with Crippen LogP contribution in [0.5, 0.6) is 5.75 Å². The lowest BCUT2D eigenvalue weighted by molar-refractivity contribution is 0.0322. The molecule has 4 rings (SSSR count). The Morgan fingerprint density at radius 3 is 2.48 bits per heavy atom. The van der Waals surface area contributed by atoms with Gasteiger partial charge in [-0.2, -0.15) is 0 Å². The standard InChI is InChI=1S/C23H33N7O2.HI/c1-24-22(29-9-11-30(12-10-29)23-25-7-4-8-26-23)27-19-20-5-2-3-6-21(20)32-18-15-28-13-16-31-17-14-28;/h2-8H,9-19H2,1H3,(H,24,27);1H. The Balaban J connectivity index is 0.00000306. The molecule has 0 radical (unpaired) electrons. The summed E-state index contributed by atoms with van der Waals surface area (Å²) in [7, 11) is 1.83. The summed E-state index contributed by atoms with van der Waals surface area (Å²) >= 11 is 0. The molecule has 0 spiro atoms. The zero-order chi connectivity index (χ0) is 22.0. The molecule has 0 atom stereocenters. The predicted molar refractivity (Wildman–Crippen MR) is 141 cm³/mol. The van der Waals surface area contributed by atoms with Gasteiger partial charge in [-0.15, -0.1) is 24.0 Å². The van der Waals surface area contributed by atoms with Crippen LogP contribution in [0.1, 0.15) is 5.56 Å². The molecule has 3 heterocycles. The van der Waals surface area contributed by atoms with E-state index in [-0.39, 0.29) is 24.0 Å². The summed E-state index contributed by atoms with van der Waals surface area (Å²) in [5, 5.41) is 3.51. The smallest absolute Gasteiger partial charge is 0.225 e. The number of guanidine groups is 1. The van der Waals surface area contributed by atoms with E-state index in [1.807, 2.05) is 31.3 Å². The summed E-state index contributed by atoms with van der Waals surface area (Å²) in [4.78, 5) is 20.1. The highest BCUT2D eigenvalue weighted by Gasteiger charge is 2.21. The molecule has 2 saturated heterocycles. The van der Waals surface area contributed by atoms with Gasteiger partial charge in [0.15, 0.2) is 5.96 Å². The van der Waals surface area contributed by atoms with Gasteiger partial charge in [-0.3, -0.25) is 9.89 Å². The number of halogens is 1. The second-order valence-corrected chi connectivity index (χ2v) is 7.83. The van der Waals surface area contributed by atoms with Crippen LogP contribution in [0, 0.1) is 0 Å². The molecule has 0 amide bonds. The molecule has 0 unspecified atom stereocenters. The number of aliphatic imine (C=N–C) groups is 1. The maximum absolute atomic E-state index is 6.12. The zero-order valence-corrected chi connectivity index (χ0v) is 21.6. The van der Waals surface area contributed by atoms with Crippen LogP contribution in [-0.4, -0.2) is 98.4 Å². The molecule has 2 fully saturated rings. The van der Waals surface area contributed by atoms with Crippen molar-refractivity contribution in [3.63, 3.8) is 0 Å². The van der Waals surface area contributed by atoms with Crippen molar-refractivity contribution in [2.45, 2.75) is 6.54 Å². The van der Waals surface area contributed by atoms with Gasteiger partial charge in [0, 0.05) is 77.4 Å². The molecule has 0 bridgehead atoms. The van der Waals surface area contributed by atoms with Gasteiger partial charge >= 0.3 is 0 Å². The number of piperazine rings is 1. The molecule has 1 aromatic carbocycles. The molecule has 2 aliphatic heterocycles. The van der Waals surface area contributed by atoms with Crippen LogP contribution < -0.4 is 15.0 Å². The van der Waals surface area contributed by atoms with E-state index in [0.717, 1.165) is 82.2 Å². The van der Waals surface area contributed by atoms with E-state index < -0.39 is 0 Å². The van der Waals surface area contributed by atoms with E-state index in [1.54, 1.807) is 12.4 Å². The van der Waals surface area contributed by atoms with Gasteiger partial charge in [0.25, 0.3) is 0 Å². The van der Waals surface area contributed by atoms with Gasteiger partial charge in [0.05, 0.1) is 13.2 Å². The van der Waals surface area contributed by atoms with Crippen LogP contribution in [-0.2, 0) is 11.3 Å². The highest BCUT2D eigenvalue weighted by atomic mass is 127. The SMILES string of the molecule is CN=C(NCc1ccccc1OCCN1CCOCC1)N1CCN(c2ncccn2)CC1.I. The van der Waals surface area contributed by atoms with Crippen LogP contribution in [0.3, 0.4) is 0 Å². The van der Waals surface area contributed by atoms with Crippen molar-refractivity contribution in [1.82, 2.24) is 25.1 Å². The Morgan fingerprint density at radius 2 is 1.76 bits per heavy atom. The third-order valence-corrected chi connectivity index (χ3v) is 5.80. The van der Waals surface area contributed by atoms with E-state index in [0.29, 0.717) is 13.2 Å². The number of benzene rings is 1. The summed E-state index contributed by atoms with van der Waals surface area (Å²) in [6, 6.07) is 10.1. The maximum atomic E-state index is 6.12. The summed E-state index contributed by atoms with van der Waals surface area (Å²) in [5.41, 5.74) is 1.13. The Bertz CT molecular complexity index is 857. The number of ether oxygens (including phenoxy) is 2. The number of para-hydroxylation sites is 1. The quantitative estimate of drug-likeness (QED) is 0.308. The van der Waals surface area contributed by atoms with E-state index in [1.165, 1.54) is 0 Å². The van der Waals surface area contributed by atoms with Crippen molar-refractivity contribution >= 4 is 35.9 Å². The topological polar surface area (TPSA) is 78.4 Å².